The van der Waals surface area contributed by atoms with Crippen LogP contribution in [0.1, 0.15) is 42.5 Å². The molecule has 124 valence electrons. The van der Waals surface area contributed by atoms with E-state index in [0.717, 1.165) is 31.0 Å². The first kappa shape index (κ1) is 15.0. The Hall–Kier alpha value is -1.55. The first-order chi connectivity index (χ1) is 11.3. The molecule has 4 rings (SSSR count). The summed E-state index contributed by atoms with van der Waals surface area (Å²) in [6, 6.07) is 7.98. The number of carbonyl (C=O) groups excluding carboxylic acids is 1. The second kappa shape index (κ2) is 6.52. The number of fused-ring (bicyclic) bond motifs is 1. The molecule has 2 N–H and O–H groups in total. The van der Waals surface area contributed by atoms with Crippen LogP contribution in [-0.4, -0.2) is 31.6 Å². The zero-order valence-electron chi connectivity index (χ0n) is 13.6. The van der Waals surface area contributed by atoms with E-state index in [1.807, 2.05) is 24.3 Å². The summed E-state index contributed by atoms with van der Waals surface area (Å²) in [7, 11) is 0. The van der Waals surface area contributed by atoms with Crippen molar-refractivity contribution in [3.05, 3.63) is 29.8 Å². The fourth-order valence-electron chi connectivity index (χ4n) is 4.14. The Balaban J connectivity index is 1.26. The van der Waals surface area contributed by atoms with E-state index in [4.69, 9.17) is 4.74 Å². The average Bonchev–Trinajstić information content (AvgIpc) is 3.03. The molecule has 4 heteroatoms. The summed E-state index contributed by atoms with van der Waals surface area (Å²) < 4.78 is 5.89. The van der Waals surface area contributed by atoms with E-state index >= 15 is 0 Å². The Labute approximate surface area is 138 Å². The summed E-state index contributed by atoms with van der Waals surface area (Å²) >= 11 is 0. The van der Waals surface area contributed by atoms with Crippen LogP contribution in [0.15, 0.2) is 24.3 Å². The predicted molar refractivity (Wildman–Crippen MR) is 89.6 cm³/mol. The lowest BCUT2D eigenvalue weighted by Gasteiger charge is -2.21. The molecule has 4 nitrogen and oxygen atoms in total. The normalized spacial score (nSPS) is 29.8. The van der Waals surface area contributed by atoms with Crippen molar-refractivity contribution >= 4 is 5.91 Å². The van der Waals surface area contributed by atoms with Gasteiger partial charge in [0.25, 0.3) is 5.91 Å². The molecule has 23 heavy (non-hydrogen) atoms. The maximum absolute atomic E-state index is 12.3. The number of ether oxygens (including phenoxy) is 1. The highest BCUT2D eigenvalue weighted by atomic mass is 16.5. The van der Waals surface area contributed by atoms with E-state index in [-0.39, 0.29) is 5.91 Å². The predicted octanol–water partition coefficient (Wildman–Crippen LogP) is 2.59. The third-order valence-electron chi connectivity index (χ3n) is 5.72. The average molecular weight is 314 g/mol. The van der Waals surface area contributed by atoms with E-state index in [1.165, 1.54) is 32.1 Å². The van der Waals surface area contributed by atoms with E-state index < -0.39 is 0 Å². The molecule has 2 aliphatic carbocycles. The number of hydrogen-bond acceptors (Lipinski definition) is 3. The van der Waals surface area contributed by atoms with Crippen LogP contribution >= 0.6 is 0 Å². The summed E-state index contributed by atoms with van der Waals surface area (Å²) in [6.45, 7) is 2.90. The van der Waals surface area contributed by atoms with Crippen LogP contribution in [-0.2, 0) is 0 Å². The number of benzene rings is 1. The summed E-state index contributed by atoms with van der Waals surface area (Å²) in [5, 5.41) is 6.50. The van der Waals surface area contributed by atoms with Gasteiger partial charge >= 0.3 is 0 Å². The molecule has 0 spiro atoms. The molecule has 1 aliphatic heterocycles. The second-order valence-electron chi connectivity index (χ2n) is 7.32. The topological polar surface area (TPSA) is 50.4 Å². The molecule has 1 heterocycles. The minimum Gasteiger partial charge on any atom is -0.493 e. The number of nitrogens with one attached hydrogen (secondary N) is 2. The Morgan fingerprint density at radius 2 is 1.78 bits per heavy atom. The SMILES string of the molecule is O=C(NC1[C@H]2CNC[C@@H]12)c1ccc(OCC2CCCCC2)cc1. The molecule has 0 radical (unpaired) electrons. The molecule has 0 aromatic heterocycles. The number of piperidine rings is 1. The molecule has 1 saturated heterocycles. The van der Waals surface area contributed by atoms with E-state index in [9.17, 15) is 4.79 Å². The van der Waals surface area contributed by atoms with Gasteiger partial charge in [0, 0.05) is 24.7 Å². The number of carbonyl (C=O) groups is 1. The Kier molecular flexibility index (Phi) is 4.25. The molecule has 2 saturated carbocycles. The van der Waals surface area contributed by atoms with Gasteiger partial charge in [-0.2, -0.15) is 0 Å². The first-order valence-corrected chi connectivity index (χ1v) is 9.06. The van der Waals surface area contributed by atoms with Gasteiger partial charge in [-0.15, -0.1) is 0 Å². The highest BCUT2D eigenvalue weighted by molar-refractivity contribution is 5.94. The third-order valence-corrected chi connectivity index (χ3v) is 5.72. The smallest absolute Gasteiger partial charge is 0.251 e. The quantitative estimate of drug-likeness (QED) is 0.878. The van der Waals surface area contributed by atoms with Crippen molar-refractivity contribution in [2.24, 2.45) is 17.8 Å². The van der Waals surface area contributed by atoms with Gasteiger partial charge in [0.1, 0.15) is 5.75 Å². The van der Waals surface area contributed by atoms with Gasteiger partial charge in [0.15, 0.2) is 0 Å². The lowest BCUT2D eigenvalue weighted by atomic mass is 9.90. The molecule has 1 amide bonds. The van der Waals surface area contributed by atoms with Gasteiger partial charge in [-0.1, -0.05) is 19.3 Å². The van der Waals surface area contributed by atoms with Crippen LogP contribution in [0.25, 0.3) is 0 Å². The Bertz CT molecular complexity index is 541. The van der Waals surface area contributed by atoms with Gasteiger partial charge in [-0.05, 0) is 54.9 Å². The minimum atomic E-state index is 0.0447. The van der Waals surface area contributed by atoms with Crippen molar-refractivity contribution in [1.82, 2.24) is 10.6 Å². The number of amides is 1. The van der Waals surface area contributed by atoms with Crippen molar-refractivity contribution in [2.75, 3.05) is 19.7 Å². The molecular formula is C19H26N2O2. The van der Waals surface area contributed by atoms with Crippen LogP contribution in [0.4, 0.5) is 0 Å². The fourth-order valence-corrected chi connectivity index (χ4v) is 4.14. The molecule has 0 bridgehead atoms. The number of rotatable bonds is 5. The minimum absolute atomic E-state index is 0.0447. The molecule has 3 aliphatic rings. The summed E-state index contributed by atoms with van der Waals surface area (Å²) in [5.74, 6) is 2.92. The summed E-state index contributed by atoms with van der Waals surface area (Å²) in [5.41, 5.74) is 0.730. The van der Waals surface area contributed by atoms with Gasteiger partial charge in [-0.25, -0.2) is 0 Å². The van der Waals surface area contributed by atoms with Crippen molar-refractivity contribution in [1.29, 1.82) is 0 Å². The first-order valence-electron chi connectivity index (χ1n) is 9.06. The standard InChI is InChI=1S/C19H26N2O2/c22-19(21-18-16-10-20-11-17(16)18)14-6-8-15(9-7-14)23-12-13-4-2-1-3-5-13/h6-9,13,16-18,20H,1-5,10-12H2,(H,21,22)/t16-,17+,18?. The van der Waals surface area contributed by atoms with Crippen molar-refractivity contribution in [2.45, 2.75) is 38.1 Å². The Morgan fingerprint density at radius 3 is 2.48 bits per heavy atom. The third kappa shape index (κ3) is 3.37. The van der Waals surface area contributed by atoms with E-state index in [0.29, 0.717) is 23.8 Å². The van der Waals surface area contributed by atoms with Gasteiger partial charge in [-0.3, -0.25) is 4.79 Å². The van der Waals surface area contributed by atoms with Crippen LogP contribution in [0.5, 0.6) is 5.75 Å². The highest BCUT2D eigenvalue weighted by Gasteiger charge is 2.53. The van der Waals surface area contributed by atoms with Gasteiger partial charge < -0.3 is 15.4 Å². The van der Waals surface area contributed by atoms with Crippen LogP contribution < -0.4 is 15.4 Å². The van der Waals surface area contributed by atoms with Gasteiger partial charge in [0.05, 0.1) is 6.61 Å². The van der Waals surface area contributed by atoms with Crippen LogP contribution in [0.3, 0.4) is 0 Å². The van der Waals surface area contributed by atoms with E-state index in [1.54, 1.807) is 0 Å². The number of hydrogen-bond donors (Lipinski definition) is 2. The molecule has 1 unspecified atom stereocenters. The van der Waals surface area contributed by atoms with Crippen LogP contribution in [0.2, 0.25) is 0 Å². The maximum Gasteiger partial charge on any atom is 0.251 e. The molecule has 3 fully saturated rings. The molecule has 1 aromatic rings. The molecule has 3 atom stereocenters. The van der Waals surface area contributed by atoms with Gasteiger partial charge in [0.2, 0.25) is 0 Å². The monoisotopic (exact) mass is 314 g/mol. The molecule has 1 aromatic carbocycles. The van der Waals surface area contributed by atoms with E-state index in [2.05, 4.69) is 10.6 Å². The lowest BCUT2D eigenvalue weighted by molar-refractivity contribution is 0.0946. The summed E-state index contributed by atoms with van der Waals surface area (Å²) in [6.07, 6.45) is 6.63. The summed E-state index contributed by atoms with van der Waals surface area (Å²) in [4.78, 5) is 12.3. The molecular weight excluding hydrogens is 288 g/mol. The Morgan fingerprint density at radius 1 is 1.09 bits per heavy atom. The zero-order chi connectivity index (χ0) is 15.6. The fraction of sp³-hybridized carbons (Fsp3) is 0.632. The highest BCUT2D eigenvalue weighted by Crippen LogP contribution is 2.41. The lowest BCUT2D eigenvalue weighted by Crippen LogP contribution is -2.32. The maximum atomic E-state index is 12.3. The second-order valence-corrected chi connectivity index (χ2v) is 7.32. The zero-order valence-corrected chi connectivity index (χ0v) is 13.6. The van der Waals surface area contributed by atoms with Crippen LogP contribution in [0, 0.1) is 17.8 Å². The van der Waals surface area contributed by atoms with Crippen molar-refractivity contribution in [3.63, 3.8) is 0 Å². The largest absolute Gasteiger partial charge is 0.493 e. The van der Waals surface area contributed by atoms with Crippen molar-refractivity contribution in [3.8, 4) is 5.75 Å². The van der Waals surface area contributed by atoms with Crippen molar-refractivity contribution < 1.29 is 9.53 Å².